The van der Waals surface area contributed by atoms with Crippen LogP contribution in [0.15, 0.2) is 22.7 Å². The monoisotopic (exact) mass is 354 g/mol. The second kappa shape index (κ2) is 7.61. The van der Waals surface area contributed by atoms with Gasteiger partial charge < -0.3 is 10.1 Å². The summed E-state index contributed by atoms with van der Waals surface area (Å²) in [6, 6.07) is 7.40. The molecule has 1 aliphatic rings. The number of ether oxygens (including phenoxy) is 1. The molecule has 118 valence electrons. The highest BCUT2D eigenvalue weighted by Crippen LogP contribution is 2.27. The standard InChI is InChI=1S/C17H27BrN2O/c1-5-12(2)16-9-19-13(3)10-20(16)11-14-8-15(18)6-7-17(14)21-4/h6-8,12-13,16,19H,5,9-11H2,1-4H3. The minimum absolute atomic E-state index is 0.545. The third kappa shape index (κ3) is 4.21. The van der Waals surface area contributed by atoms with Crippen LogP contribution in [0, 0.1) is 5.92 Å². The number of hydrogen-bond donors (Lipinski definition) is 1. The van der Waals surface area contributed by atoms with E-state index in [0.717, 1.165) is 29.9 Å². The smallest absolute Gasteiger partial charge is 0.123 e. The SMILES string of the molecule is CCC(C)C1CNC(C)CN1Cc1cc(Br)ccc1OC. The van der Waals surface area contributed by atoms with Crippen molar-refractivity contribution in [2.75, 3.05) is 20.2 Å². The highest BCUT2D eigenvalue weighted by Gasteiger charge is 2.29. The maximum atomic E-state index is 5.53. The number of hydrogen-bond acceptors (Lipinski definition) is 3. The highest BCUT2D eigenvalue weighted by atomic mass is 79.9. The molecule has 21 heavy (non-hydrogen) atoms. The maximum Gasteiger partial charge on any atom is 0.123 e. The summed E-state index contributed by atoms with van der Waals surface area (Å²) in [5, 5.41) is 3.62. The largest absolute Gasteiger partial charge is 0.496 e. The van der Waals surface area contributed by atoms with E-state index in [1.807, 2.05) is 12.1 Å². The van der Waals surface area contributed by atoms with E-state index >= 15 is 0 Å². The molecule has 0 bridgehead atoms. The van der Waals surface area contributed by atoms with Gasteiger partial charge in [0.25, 0.3) is 0 Å². The van der Waals surface area contributed by atoms with Crippen molar-refractivity contribution >= 4 is 15.9 Å². The Hall–Kier alpha value is -0.580. The Bertz CT molecular complexity index is 466. The maximum absolute atomic E-state index is 5.53. The van der Waals surface area contributed by atoms with Gasteiger partial charge in [-0.2, -0.15) is 0 Å². The molecule has 1 fully saturated rings. The Morgan fingerprint density at radius 2 is 2.24 bits per heavy atom. The molecule has 3 nitrogen and oxygen atoms in total. The number of methoxy groups -OCH3 is 1. The molecular weight excluding hydrogens is 328 g/mol. The Morgan fingerprint density at radius 3 is 2.90 bits per heavy atom. The molecule has 3 atom stereocenters. The zero-order valence-electron chi connectivity index (χ0n) is 13.5. The van der Waals surface area contributed by atoms with Crippen molar-refractivity contribution < 1.29 is 4.74 Å². The molecule has 1 aromatic rings. The molecule has 2 rings (SSSR count). The minimum atomic E-state index is 0.545. The van der Waals surface area contributed by atoms with Crippen molar-refractivity contribution in [2.45, 2.75) is 45.8 Å². The highest BCUT2D eigenvalue weighted by molar-refractivity contribution is 9.10. The fourth-order valence-electron chi connectivity index (χ4n) is 3.11. The van der Waals surface area contributed by atoms with Crippen LogP contribution in [0.5, 0.6) is 5.75 Å². The molecule has 1 aliphatic heterocycles. The normalized spacial score (nSPS) is 24.8. The van der Waals surface area contributed by atoms with E-state index in [9.17, 15) is 0 Å². The topological polar surface area (TPSA) is 24.5 Å². The lowest BCUT2D eigenvalue weighted by Gasteiger charge is -2.42. The second-order valence-electron chi connectivity index (χ2n) is 6.15. The molecule has 4 heteroatoms. The average Bonchev–Trinajstić information content (AvgIpc) is 2.47. The Kier molecular flexibility index (Phi) is 6.08. The number of halogens is 1. The van der Waals surface area contributed by atoms with Crippen molar-refractivity contribution in [1.29, 1.82) is 0 Å². The van der Waals surface area contributed by atoms with Crippen LogP contribution in [0.3, 0.4) is 0 Å². The molecule has 1 N–H and O–H groups in total. The van der Waals surface area contributed by atoms with Crippen LogP contribution in [-0.2, 0) is 6.54 Å². The third-order valence-corrected chi connectivity index (χ3v) is 5.06. The molecule has 1 aromatic carbocycles. The van der Waals surface area contributed by atoms with Crippen LogP contribution in [0.4, 0.5) is 0 Å². The van der Waals surface area contributed by atoms with Crippen LogP contribution in [0.25, 0.3) is 0 Å². The predicted octanol–water partition coefficient (Wildman–Crippen LogP) is 3.67. The summed E-state index contributed by atoms with van der Waals surface area (Å²) < 4.78 is 6.64. The molecule has 0 saturated carbocycles. The molecule has 1 heterocycles. The molecule has 3 unspecified atom stereocenters. The quantitative estimate of drug-likeness (QED) is 0.872. The van der Waals surface area contributed by atoms with Crippen LogP contribution in [0.1, 0.15) is 32.8 Å². The first kappa shape index (κ1) is 16.8. The van der Waals surface area contributed by atoms with Gasteiger partial charge in [-0.3, -0.25) is 4.90 Å². The molecule has 0 spiro atoms. The Morgan fingerprint density at radius 1 is 1.48 bits per heavy atom. The summed E-state index contributed by atoms with van der Waals surface area (Å²) >= 11 is 3.57. The Balaban J connectivity index is 2.19. The van der Waals surface area contributed by atoms with Gasteiger partial charge in [0.2, 0.25) is 0 Å². The molecule has 1 saturated heterocycles. The van der Waals surface area contributed by atoms with Gasteiger partial charge in [0, 0.05) is 41.8 Å². The molecule has 0 amide bonds. The zero-order valence-corrected chi connectivity index (χ0v) is 15.1. The number of nitrogens with zero attached hydrogens (tertiary/aromatic N) is 1. The molecular formula is C17H27BrN2O. The van der Waals surface area contributed by atoms with Crippen molar-refractivity contribution in [1.82, 2.24) is 10.2 Å². The van der Waals surface area contributed by atoms with Gasteiger partial charge in [-0.05, 0) is 31.0 Å². The number of benzene rings is 1. The summed E-state index contributed by atoms with van der Waals surface area (Å²) in [4.78, 5) is 2.61. The van der Waals surface area contributed by atoms with Gasteiger partial charge >= 0.3 is 0 Å². The summed E-state index contributed by atoms with van der Waals surface area (Å²) in [6.07, 6.45) is 1.22. The number of nitrogens with one attached hydrogen (secondary N) is 1. The fraction of sp³-hybridized carbons (Fsp3) is 0.647. The first-order valence-corrected chi connectivity index (χ1v) is 8.64. The summed E-state index contributed by atoms with van der Waals surface area (Å²) in [7, 11) is 1.75. The van der Waals surface area contributed by atoms with Gasteiger partial charge in [-0.25, -0.2) is 0 Å². The van der Waals surface area contributed by atoms with Gasteiger partial charge in [-0.15, -0.1) is 0 Å². The van der Waals surface area contributed by atoms with Gasteiger partial charge in [0.1, 0.15) is 5.75 Å². The van der Waals surface area contributed by atoms with Crippen LogP contribution < -0.4 is 10.1 Å². The van der Waals surface area contributed by atoms with Crippen molar-refractivity contribution in [2.24, 2.45) is 5.92 Å². The summed E-state index contributed by atoms with van der Waals surface area (Å²) in [6.45, 7) is 10.0. The average molecular weight is 355 g/mol. The van der Waals surface area contributed by atoms with Crippen LogP contribution in [-0.4, -0.2) is 37.2 Å². The van der Waals surface area contributed by atoms with E-state index in [1.54, 1.807) is 7.11 Å². The van der Waals surface area contributed by atoms with Gasteiger partial charge in [0.05, 0.1) is 7.11 Å². The Labute approximate surface area is 137 Å². The van der Waals surface area contributed by atoms with Crippen LogP contribution in [0.2, 0.25) is 0 Å². The van der Waals surface area contributed by atoms with E-state index < -0.39 is 0 Å². The lowest BCUT2D eigenvalue weighted by atomic mass is 9.94. The lowest BCUT2D eigenvalue weighted by Crippen LogP contribution is -2.57. The first-order valence-electron chi connectivity index (χ1n) is 7.85. The zero-order chi connectivity index (χ0) is 15.4. The van der Waals surface area contributed by atoms with E-state index in [2.05, 4.69) is 53.0 Å². The molecule has 0 aromatic heterocycles. The fourth-order valence-corrected chi connectivity index (χ4v) is 3.52. The lowest BCUT2D eigenvalue weighted by molar-refractivity contribution is 0.0877. The molecule has 0 radical (unpaired) electrons. The summed E-state index contributed by atoms with van der Waals surface area (Å²) in [5.41, 5.74) is 1.26. The van der Waals surface area contributed by atoms with Crippen molar-refractivity contribution in [3.63, 3.8) is 0 Å². The summed E-state index contributed by atoms with van der Waals surface area (Å²) in [5.74, 6) is 1.68. The van der Waals surface area contributed by atoms with E-state index in [1.165, 1.54) is 12.0 Å². The first-order chi connectivity index (χ1) is 10.0. The predicted molar refractivity (Wildman–Crippen MR) is 91.8 cm³/mol. The number of rotatable bonds is 5. The van der Waals surface area contributed by atoms with Gasteiger partial charge in [0.15, 0.2) is 0 Å². The second-order valence-corrected chi connectivity index (χ2v) is 7.06. The number of piperazine rings is 1. The van der Waals surface area contributed by atoms with E-state index in [0.29, 0.717) is 18.0 Å². The van der Waals surface area contributed by atoms with E-state index in [-0.39, 0.29) is 0 Å². The van der Waals surface area contributed by atoms with E-state index in [4.69, 9.17) is 4.74 Å². The van der Waals surface area contributed by atoms with Crippen LogP contribution >= 0.6 is 15.9 Å². The van der Waals surface area contributed by atoms with Crippen molar-refractivity contribution in [3.8, 4) is 5.75 Å². The minimum Gasteiger partial charge on any atom is -0.496 e. The van der Waals surface area contributed by atoms with Crippen molar-refractivity contribution in [3.05, 3.63) is 28.2 Å². The molecule has 0 aliphatic carbocycles. The third-order valence-electron chi connectivity index (χ3n) is 4.57. The van der Waals surface area contributed by atoms with Gasteiger partial charge in [-0.1, -0.05) is 36.2 Å².